The average Bonchev–Trinajstić information content (AvgIpc) is 3.40. The summed E-state index contributed by atoms with van der Waals surface area (Å²) in [6, 6.07) is 80.5. The molecule has 0 aliphatic carbocycles. The third-order valence-electron chi connectivity index (χ3n) is 12.8. The number of aromatic nitrogens is 3. The molecule has 0 N–H and O–H groups in total. The standard InChI is InChI=1S/C62H38N4/c1-63-59-37-34-45(39-58(59)44-21-13-20-43(38-44)48-24-9-11-26-50(48)53-30-14-28-51-46-22-7-5-16-40(46)32-35-54(51)53)49-25-10-12-27-56(49)61-64-60(42-18-3-2-4-19-42)65-62(66-61)57-31-15-29-52-47-23-8-6-17-41(47)33-36-55(52)57/h2-39H. The molecule has 0 amide bonds. The first-order valence-corrected chi connectivity index (χ1v) is 22.1. The van der Waals surface area contributed by atoms with E-state index in [-0.39, 0.29) is 0 Å². The Morgan fingerprint density at radius 1 is 0.258 bits per heavy atom. The van der Waals surface area contributed by atoms with Crippen LogP contribution in [0.3, 0.4) is 0 Å². The van der Waals surface area contributed by atoms with Crippen molar-refractivity contribution >= 4 is 48.8 Å². The highest BCUT2D eigenvalue weighted by Crippen LogP contribution is 2.43. The van der Waals surface area contributed by atoms with Crippen molar-refractivity contribution in [1.82, 2.24) is 15.0 Å². The van der Waals surface area contributed by atoms with Gasteiger partial charge in [-0.25, -0.2) is 19.8 Å². The predicted molar refractivity (Wildman–Crippen MR) is 274 cm³/mol. The molecule has 0 bridgehead atoms. The molecule has 1 aromatic heterocycles. The number of hydrogen-bond donors (Lipinski definition) is 0. The van der Waals surface area contributed by atoms with Gasteiger partial charge < -0.3 is 0 Å². The quantitative estimate of drug-likeness (QED) is 0.119. The largest absolute Gasteiger partial charge is 0.238 e. The summed E-state index contributed by atoms with van der Waals surface area (Å²) in [4.78, 5) is 19.6. The fourth-order valence-electron chi connectivity index (χ4n) is 9.63. The molecule has 4 heteroatoms. The fourth-order valence-corrected chi connectivity index (χ4v) is 9.63. The lowest BCUT2D eigenvalue weighted by Crippen LogP contribution is -2.01. The number of fused-ring (bicyclic) bond motifs is 6. The van der Waals surface area contributed by atoms with Crippen LogP contribution in [0.4, 0.5) is 5.69 Å². The number of rotatable bonds is 7. The predicted octanol–water partition coefficient (Wildman–Crippen LogP) is 16.7. The zero-order valence-electron chi connectivity index (χ0n) is 35.7. The van der Waals surface area contributed by atoms with Gasteiger partial charge in [-0.2, -0.15) is 0 Å². The molecule has 1 heterocycles. The van der Waals surface area contributed by atoms with Gasteiger partial charge in [0.2, 0.25) is 0 Å². The van der Waals surface area contributed by atoms with Crippen molar-refractivity contribution < 1.29 is 0 Å². The van der Waals surface area contributed by atoms with E-state index in [0.717, 1.165) is 66.4 Å². The molecule has 0 unspecified atom stereocenters. The van der Waals surface area contributed by atoms with Gasteiger partial charge in [0.15, 0.2) is 23.2 Å². The summed E-state index contributed by atoms with van der Waals surface area (Å²) >= 11 is 0. The molecule has 0 spiro atoms. The molecule has 12 rings (SSSR count). The Balaban J connectivity index is 0.979. The van der Waals surface area contributed by atoms with Crippen molar-refractivity contribution in [2.75, 3.05) is 0 Å². The number of benzene rings is 11. The summed E-state index contributed by atoms with van der Waals surface area (Å²) in [6.07, 6.45) is 0. The van der Waals surface area contributed by atoms with Crippen LogP contribution in [-0.4, -0.2) is 15.0 Å². The second-order valence-electron chi connectivity index (χ2n) is 16.6. The Kier molecular flexibility index (Phi) is 9.51. The molecule has 0 radical (unpaired) electrons. The highest BCUT2D eigenvalue weighted by molar-refractivity contribution is 6.13. The van der Waals surface area contributed by atoms with Gasteiger partial charge in [-0.05, 0) is 93.7 Å². The summed E-state index contributed by atoms with van der Waals surface area (Å²) in [5, 5.41) is 9.53. The minimum Gasteiger partial charge on any atom is -0.238 e. The number of nitrogens with zero attached hydrogens (tertiary/aromatic N) is 4. The van der Waals surface area contributed by atoms with Crippen LogP contribution in [0.5, 0.6) is 0 Å². The van der Waals surface area contributed by atoms with E-state index in [1.807, 2.05) is 54.6 Å². The van der Waals surface area contributed by atoms with Crippen LogP contribution >= 0.6 is 0 Å². The van der Waals surface area contributed by atoms with Crippen molar-refractivity contribution in [3.63, 3.8) is 0 Å². The second-order valence-corrected chi connectivity index (χ2v) is 16.6. The normalized spacial score (nSPS) is 11.3. The first-order chi connectivity index (χ1) is 32.7. The van der Waals surface area contributed by atoms with Crippen LogP contribution in [0.2, 0.25) is 0 Å². The average molecular weight is 839 g/mol. The molecular formula is C62H38N4. The van der Waals surface area contributed by atoms with Crippen LogP contribution in [0.1, 0.15) is 0 Å². The summed E-state index contributed by atoms with van der Waals surface area (Å²) < 4.78 is 0. The highest BCUT2D eigenvalue weighted by atomic mass is 15.0. The van der Waals surface area contributed by atoms with Crippen molar-refractivity contribution in [3.8, 4) is 78.7 Å². The molecule has 0 aliphatic rings. The first-order valence-electron chi connectivity index (χ1n) is 22.1. The Morgan fingerprint density at radius 3 is 1.39 bits per heavy atom. The van der Waals surface area contributed by atoms with Crippen molar-refractivity contribution in [3.05, 3.63) is 242 Å². The number of hydrogen-bond acceptors (Lipinski definition) is 3. The summed E-state index contributed by atoms with van der Waals surface area (Å²) in [5.74, 6) is 1.77. The summed E-state index contributed by atoms with van der Waals surface area (Å²) in [5.41, 5.74) is 11.6. The van der Waals surface area contributed by atoms with E-state index in [0.29, 0.717) is 23.2 Å². The molecule has 306 valence electrons. The van der Waals surface area contributed by atoms with Gasteiger partial charge in [-0.15, -0.1) is 0 Å². The molecule has 0 saturated heterocycles. The maximum Gasteiger partial charge on any atom is 0.194 e. The molecule has 0 atom stereocenters. The topological polar surface area (TPSA) is 43.0 Å². The molecular weight excluding hydrogens is 801 g/mol. The van der Waals surface area contributed by atoms with Gasteiger partial charge in [0.1, 0.15) is 0 Å². The Labute approximate surface area is 382 Å². The van der Waals surface area contributed by atoms with Gasteiger partial charge in [0, 0.05) is 16.7 Å². The van der Waals surface area contributed by atoms with E-state index in [2.05, 4.69) is 181 Å². The molecule has 66 heavy (non-hydrogen) atoms. The van der Waals surface area contributed by atoms with E-state index >= 15 is 0 Å². The highest BCUT2D eigenvalue weighted by Gasteiger charge is 2.19. The smallest absolute Gasteiger partial charge is 0.194 e. The van der Waals surface area contributed by atoms with Crippen LogP contribution < -0.4 is 0 Å². The van der Waals surface area contributed by atoms with E-state index < -0.39 is 0 Å². The Hall–Kier alpha value is -9.04. The molecule has 0 aliphatic heterocycles. The van der Waals surface area contributed by atoms with Crippen LogP contribution in [0, 0.1) is 6.57 Å². The Bertz CT molecular complexity index is 3900. The monoisotopic (exact) mass is 838 g/mol. The second kappa shape index (κ2) is 16.3. The van der Waals surface area contributed by atoms with Crippen LogP contribution in [0.25, 0.3) is 127 Å². The third kappa shape index (κ3) is 6.75. The lowest BCUT2D eigenvalue weighted by atomic mass is 9.89. The van der Waals surface area contributed by atoms with E-state index in [9.17, 15) is 0 Å². The Morgan fingerprint density at radius 2 is 0.712 bits per heavy atom. The molecule has 12 aromatic rings. The lowest BCUT2D eigenvalue weighted by Gasteiger charge is -2.16. The summed E-state index contributed by atoms with van der Waals surface area (Å²) in [7, 11) is 0. The zero-order valence-corrected chi connectivity index (χ0v) is 35.7. The fraction of sp³-hybridized carbons (Fsp3) is 0. The minimum atomic E-state index is 0.572. The zero-order chi connectivity index (χ0) is 44.0. The van der Waals surface area contributed by atoms with Gasteiger partial charge in [0.25, 0.3) is 0 Å². The molecule has 0 fully saturated rings. The van der Waals surface area contributed by atoms with Gasteiger partial charge >= 0.3 is 0 Å². The van der Waals surface area contributed by atoms with E-state index in [4.69, 9.17) is 21.5 Å². The lowest BCUT2D eigenvalue weighted by molar-refractivity contribution is 1.08. The van der Waals surface area contributed by atoms with Crippen molar-refractivity contribution in [1.29, 1.82) is 0 Å². The SMILES string of the molecule is [C-]#[N+]c1ccc(-c2ccccc2-c2nc(-c3ccccc3)nc(-c3cccc4c3ccc3ccccc34)n2)cc1-c1cccc(-c2ccccc2-c2cccc3c2ccc2ccccc23)c1. The molecule has 0 saturated carbocycles. The summed E-state index contributed by atoms with van der Waals surface area (Å²) in [6.45, 7) is 8.29. The minimum absolute atomic E-state index is 0.572. The third-order valence-corrected chi connectivity index (χ3v) is 12.8. The maximum atomic E-state index is 8.29. The van der Waals surface area contributed by atoms with E-state index in [1.165, 1.54) is 37.9 Å². The van der Waals surface area contributed by atoms with Crippen molar-refractivity contribution in [2.45, 2.75) is 0 Å². The molecule has 4 nitrogen and oxygen atoms in total. The first kappa shape index (κ1) is 38.6. The van der Waals surface area contributed by atoms with Crippen LogP contribution in [-0.2, 0) is 0 Å². The van der Waals surface area contributed by atoms with Crippen LogP contribution in [0.15, 0.2) is 231 Å². The van der Waals surface area contributed by atoms with Gasteiger partial charge in [-0.3, -0.25) is 0 Å². The van der Waals surface area contributed by atoms with E-state index in [1.54, 1.807) is 0 Å². The maximum absolute atomic E-state index is 8.29. The van der Waals surface area contributed by atoms with Gasteiger partial charge in [-0.1, -0.05) is 224 Å². The molecule has 11 aromatic carbocycles. The van der Waals surface area contributed by atoms with Gasteiger partial charge in [0.05, 0.1) is 6.57 Å². The van der Waals surface area contributed by atoms with Crippen molar-refractivity contribution in [2.24, 2.45) is 0 Å².